The van der Waals surface area contributed by atoms with Gasteiger partial charge in [0.05, 0.1) is 28.8 Å². The number of carboxylic acids is 1. The lowest BCUT2D eigenvalue weighted by Gasteiger charge is -2.11. The second-order valence-electron chi connectivity index (χ2n) is 7.29. The standard InChI is InChI=1S/C23H21N3O4/c1-13-6-7-15(14(2)8-13)11-26-17-5-3-4-16(23(24)29)21(17)22-18(26)9-25-10-19(22)30-12-20(27)28/h3-10H,11-12H2,1-2H3,(H2,24,29)(H,27,28). The number of carbonyl (C=O) groups is 2. The van der Waals surface area contributed by atoms with Crippen LogP contribution in [0.1, 0.15) is 27.0 Å². The lowest BCUT2D eigenvalue weighted by atomic mass is 10.1. The minimum atomic E-state index is -1.10. The molecule has 30 heavy (non-hydrogen) atoms. The predicted molar refractivity (Wildman–Crippen MR) is 114 cm³/mol. The molecule has 2 heterocycles. The molecule has 4 rings (SSSR count). The highest BCUT2D eigenvalue weighted by molar-refractivity contribution is 6.19. The van der Waals surface area contributed by atoms with Gasteiger partial charge in [0.1, 0.15) is 5.75 Å². The summed E-state index contributed by atoms with van der Waals surface area (Å²) in [5.41, 5.74) is 11.0. The number of carboxylic acid groups (broad SMARTS) is 1. The van der Waals surface area contributed by atoms with Crippen LogP contribution in [0, 0.1) is 13.8 Å². The van der Waals surface area contributed by atoms with Crippen LogP contribution in [0.2, 0.25) is 0 Å². The Hall–Kier alpha value is -3.87. The van der Waals surface area contributed by atoms with Crippen molar-refractivity contribution in [3.8, 4) is 5.75 Å². The van der Waals surface area contributed by atoms with Crippen LogP contribution in [-0.2, 0) is 11.3 Å². The molecule has 2 aromatic heterocycles. The maximum Gasteiger partial charge on any atom is 0.341 e. The number of hydrogen-bond donors (Lipinski definition) is 2. The van der Waals surface area contributed by atoms with Gasteiger partial charge in [-0.25, -0.2) is 4.79 Å². The maximum absolute atomic E-state index is 12.2. The largest absolute Gasteiger partial charge is 0.480 e. The van der Waals surface area contributed by atoms with Gasteiger partial charge in [-0.2, -0.15) is 0 Å². The van der Waals surface area contributed by atoms with Crippen LogP contribution >= 0.6 is 0 Å². The van der Waals surface area contributed by atoms with Crippen molar-refractivity contribution in [3.05, 3.63) is 71.0 Å². The molecule has 1 amide bonds. The van der Waals surface area contributed by atoms with E-state index < -0.39 is 18.5 Å². The number of ether oxygens (including phenoxy) is 1. The fourth-order valence-corrected chi connectivity index (χ4v) is 3.86. The maximum atomic E-state index is 12.2. The summed E-state index contributed by atoms with van der Waals surface area (Å²) in [6.07, 6.45) is 3.15. The molecule has 3 N–H and O–H groups in total. The average molecular weight is 403 g/mol. The van der Waals surface area contributed by atoms with Crippen molar-refractivity contribution >= 4 is 33.7 Å². The highest BCUT2D eigenvalue weighted by atomic mass is 16.5. The van der Waals surface area contributed by atoms with E-state index >= 15 is 0 Å². The van der Waals surface area contributed by atoms with E-state index in [0.29, 0.717) is 28.6 Å². The molecular formula is C23H21N3O4. The van der Waals surface area contributed by atoms with Gasteiger partial charge >= 0.3 is 5.97 Å². The number of aryl methyl sites for hydroxylation is 2. The van der Waals surface area contributed by atoms with E-state index in [1.807, 2.05) is 13.0 Å². The van der Waals surface area contributed by atoms with Crippen molar-refractivity contribution in [3.63, 3.8) is 0 Å². The van der Waals surface area contributed by atoms with Gasteiger partial charge in [-0.15, -0.1) is 0 Å². The molecule has 152 valence electrons. The molecule has 0 fully saturated rings. The molecule has 0 saturated carbocycles. The molecule has 0 spiro atoms. The lowest BCUT2D eigenvalue weighted by Crippen LogP contribution is -2.11. The lowest BCUT2D eigenvalue weighted by molar-refractivity contribution is -0.139. The van der Waals surface area contributed by atoms with Crippen LogP contribution in [0.25, 0.3) is 21.8 Å². The van der Waals surface area contributed by atoms with Gasteiger partial charge < -0.3 is 20.1 Å². The van der Waals surface area contributed by atoms with Crippen molar-refractivity contribution in [1.82, 2.24) is 9.55 Å². The number of aliphatic carboxylic acids is 1. The van der Waals surface area contributed by atoms with Crippen molar-refractivity contribution in [1.29, 1.82) is 0 Å². The number of nitrogens with zero attached hydrogens (tertiary/aromatic N) is 2. The number of nitrogens with two attached hydrogens (primary N) is 1. The summed E-state index contributed by atoms with van der Waals surface area (Å²) in [5, 5.41) is 10.3. The molecule has 0 aliphatic rings. The molecule has 2 aromatic carbocycles. The number of hydrogen-bond acceptors (Lipinski definition) is 4. The number of aromatic nitrogens is 2. The van der Waals surface area contributed by atoms with Gasteiger partial charge in [-0.3, -0.25) is 9.78 Å². The first kappa shape index (κ1) is 19.4. The van der Waals surface area contributed by atoms with Gasteiger partial charge in [0.2, 0.25) is 5.91 Å². The van der Waals surface area contributed by atoms with E-state index in [9.17, 15) is 9.59 Å². The molecule has 4 aromatic rings. The Bertz CT molecular complexity index is 1310. The summed E-state index contributed by atoms with van der Waals surface area (Å²) in [4.78, 5) is 27.4. The number of rotatable bonds is 6. The fourth-order valence-electron chi connectivity index (χ4n) is 3.86. The number of fused-ring (bicyclic) bond motifs is 3. The monoisotopic (exact) mass is 403 g/mol. The van der Waals surface area contributed by atoms with E-state index in [0.717, 1.165) is 22.2 Å². The molecule has 0 aliphatic carbocycles. The zero-order valence-electron chi connectivity index (χ0n) is 16.7. The van der Waals surface area contributed by atoms with Gasteiger partial charge in [-0.1, -0.05) is 29.8 Å². The molecular weight excluding hydrogens is 382 g/mol. The van der Waals surface area contributed by atoms with E-state index in [-0.39, 0.29) is 0 Å². The fraction of sp³-hybridized carbons (Fsp3) is 0.174. The summed E-state index contributed by atoms with van der Waals surface area (Å²) in [6.45, 7) is 4.15. The number of amides is 1. The zero-order valence-corrected chi connectivity index (χ0v) is 16.7. The summed E-state index contributed by atoms with van der Waals surface area (Å²) < 4.78 is 7.55. The van der Waals surface area contributed by atoms with Crippen LogP contribution in [0.15, 0.2) is 48.8 Å². The highest BCUT2D eigenvalue weighted by Crippen LogP contribution is 2.37. The third-order valence-electron chi connectivity index (χ3n) is 5.21. The SMILES string of the molecule is Cc1ccc(Cn2c3cncc(OCC(=O)O)c3c3c(C(N)=O)cccc32)c(C)c1. The first-order chi connectivity index (χ1) is 14.4. The molecule has 0 unspecified atom stereocenters. The van der Waals surface area contributed by atoms with Crippen LogP contribution in [0.5, 0.6) is 5.75 Å². The highest BCUT2D eigenvalue weighted by Gasteiger charge is 2.20. The number of pyridine rings is 1. The van der Waals surface area contributed by atoms with Crippen molar-refractivity contribution in [2.75, 3.05) is 6.61 Å². The van der Waals surface area contributed by atoms with Gasteiger partial charge in [-0.05, 0) is 37.1 Å². The Morgan fingerprint density at radius 1 is 1.10 bits per heavy atom. The van der Waals surface area contributed by atoms with Gasteiger partial charge in [0, 0.05) is 17.5 Å². The quantitative estimate of drug-likeness (QED) is 0.513. The topological polar surface area (TPSA) is 107 Å². The molecule has 7 nitrogen and oxygen atoms in total. The summed E-state index contributed by atoms with van der Waals surface area (Å²) in [7, 11) is 0. The number of primary amides is 1. The Balaban J connectivity index is 2.02. The molecule has 0 radical (unpaired) electrons. The van der Waals surface area contributed by atoms with E-state index in [1.165, 1.54) is 11.8 Å². The van der Waals surface area contributed by atoms with Crippen LogP contribution in [-0.4, -0.2) is 33.1 Å². The Labute approximate surface area is 172 Å². The van der Waals surface area contributed by atoms with Crippen LogP contribution in [0.4, 0.5) is 0 Å². The van der Waals surface area contributed by atoms with Gasteiger partial charge in [0.15, 0.2) is 6.61 Å². The van der Waals surface area contributed by atoms with Crippen molar-refractivity contribution in [2.24, 2.45) is 5.73 Å². The Morgan fingerprint density at radius 2 is 1.90 bits per heavy atom. The minimum absolute atomic E-state index is 0.299. The number of benzene rings is 2. The summed E-state index contributed by atoms with van der Waals surface area (Å²) in [6, 6.07) is 11.6. The molecule has 0 bridgehead atoms. The second kappa shape index (κ2) is 7.51. The predicted octanol–water partition coefficient (Wildman–Crippen LogP) is 3.42. The van der Waals surface area contributed by atoms with E-state index in [1.54, 1.807) is 18.3 Å². The normalized spacial score (nSPS) is 11.1. The minimum Gasteiger partial charge on any atom is -0.480 e. The van der Waals surface area contributed by atoms with E-state index in [2.05, 4.69) is 34.7 Å². The average Bonchev–Trinajstić information content (AvgIpc) is 3.02. The Kier molecular flexibility index (Phi) is 4.87. The second-order valence-corrected chi connectivity index (χ2v) is 7.29. The van der Waals surface area contributed by atoms with Gasteiger partial charge in [0.25, 0.3) is 0 Å². The number of carbonyl (C=O) groups excluding carboxylic acids is 1. The first-order valence-electron chi connectivity index (χ1n) is 9.46. The summed E-state index contributed by atoms with van der Waals surface area (Å²) in [5.74, 6) is -1.36. The van der Waals surface area contributed by atoms with Crippen molar-refractivity contribution < 1.29 is 19.4 Å². The third kappa shape index (κ3) is 3.34. The van der Waals surface area contributed by atoms with Crippen molar-refractivity contribution in [2.45, 2.75) is 20.4 Å². The summed E-state index contributed by atoms with van der Waals surface area (Å²) >= 11 is 0. The first-order valence-corrected chi connectivity index (χ1v) is 9.46. The third-order valence-corrected chi connectivity index (χ3v) is 5.21. The molecule has 0 saturated heterocycles. The van der Waals surface area contributed by atoms with Crippen LogP contribution in [0.3, 0.4) is 0 Å². The molecule has 0 aliphatic heterocycles. The molecule has 0 atom stereocenters. The molecule has 7 heteroatoms. The Morgan fingerprint density at radius 3 is 2.60 bits per heavy atom. The van der Waals surface area contributed by atoms with Crippen LogP contribution < -0.4 is 10.5 Å². The zero-order chi connectivity index (χ0) is 21.4. The van der Waals surface area contributed by atoms with E-state index in [4.69, 9.17) is 15.6 Å². The smallest absolute Gasteiger partial charge is 0.341 e.